The summed E-state index contributed by atoms with van der Waals surface area (Å²) in [5.74, 6) is 1.16. The molecule has 0 atom stereocenters. The van der Waals surface area contributed by atoms with Crippen LogP contribution in [-0.2, 0) is 10.5 Å². The zero-order valence-corrected chi connectivity index (χ0v) is 18.7. The maximum absolute atomic E-state index is 13.6. The molecule has 6 heteroatoms. The monoisotopic (exact) mass is 450 g/mol. The summed E-state index contributed by atoms with van der Waals surface area (Å²) >= 11 is 1.60. The van der Waals surface area contributed by atoms with Crippen molar-refractivity contribution in [2.24, 2.45) is 5.92 Å². The molecule has 0 aliphatic carbocycles. The molecular formula is C26H27FN2O2S. The molecule has 4 nitrogen and oxygen atoms in total. The molecular weight excluding hydrogens is 423 g/mol. The summed E-state index contributed by atoms with van der Waals surface area (Å²) in [6, 6.07) is 20.5. The Hall–Kier alpha value is -2.86. The van der Waals surface area contributed by atoms with Crippen LogP contribution in [0.3, 0.4) is 0 Å². The molecule has 1 aliphatic rings. The van der Waals surface area contributed by atoms with Gasteiger partial charge in [-0.05, 0) is 41.3 Å². The van der Waals surface area contributed by atoms with Crippen molar-refractivity contribution in [3.05, 3.63) is 83.7 Å². The molecule has 32 heavy (non-hydrogen) atoms. The van der Waals surface area contributed by atoms with Gasteiger partial charge in [0.25, 0.3) is 5.91 Å². The van der Waals surface area contributed by atoms with Crippen LogP contribution in [0.15, 0.2) is 66.7 Å². The number of piperidine rings is 1. The number of carbonyl (C=O) groups is 2. The second-order valence-corrected chi connectivity index (χ2v) is 9.13. The van der Waals surface area contributed by atoms with Crippen LogP contribution in [-0.4, -0.2) is 42.1 Å². The summed E-state index contributed by atoms with van der Waals surface area (Å²) in [4.78, 5) is 27.5. The van der Waals surface area contributed by atoms with E-state index in [1.54, 1.807) is 23.9 Å². The first-order chi connectivity index (χ1) is 15.6. The minimum atomic E-state index is -0.186. The lowest BCUT2D eigenvalue weighted by Crippen LogP contribution is -2.43. The predicted octanol–water partition coefficient (Wildman–Crippen LogP) is 4.88. The summed E-state index contributed by atoms with van der Waals surface area (Å²) < 4.78 is 13.6. The van der Waals surface area contributed by atoms with E-state index in [1.165, 1.54) is 6.07 Å². The van der Waals surface area contributed by atoms with Crippen molar-refractivity contribution >= 4 is 34.3 Å². The van der Waals surface area contributed by atoms with Crippen LogP contribution in [0.1, 0.15) is 28.8 Å². The Morgan fingerprint density at radius 2 is 1.69 bits per heavy atom. The van der Waals surface area contributed by atoms with Crippen molar-refractivity contribution in [1.29, 1.82) is 0 Å². The Morgan fingerprint density at radius 3 is 2.50 bits per heavy atom. The molecule has 0 radical (unpaired) electrons. The van der Waals surface area contributed by atoms with E-state index in [2.05, 4.69) is 5.32 Å². The Morgan fingerprint density at radius 1 is 0.969 bits per heavy atom. The van der Waals surface area contributed by atoms with Gasteiger partial charge in [0.1, 0.15) is 5.82 Å². The average molecular weight is 451 g/mol. The van der Waals surface area contributed by atoms with Crippen LogP contribution in [0.2, 0.25) is 0 Å². The molecule has 0 unspecified atom stereocenters. The van der Waals surface area contributed by atoms with E-state index in [1.807, 2.05) is 53.4 Å². The molecule has 3 aromatic rings. The van der Waals surface area contributed by atoms with Gasteiger partial charge in [-0.1, -0.05) is 54.6 Å². The number of nitrogens with zero attached hydrogens (tertiary/aromatic N) is 1. The fourth-order valence-corrected chi connectivity index (χ4v) is 4.96. The number of likely N-dealkylation sites (tertiary alicyclic amines) is 1. The number of hydrogen-bond acceptors (Lipinski definition) is 3. The normalized spacial score (nSPS) is 14.5. The number of hydrogen-bond donors (Lipinski definition) is 1. The molecule has 1 saturated heterocycles. The van der Waals surface area contributed by atoms with Gasteiger partial charge in [0.15, 0.2) is 0 Å². The van der Waals surface area contributed by atoms with E-state index in [-0.39, 0.29) is 23.5 Å². The second kappa shape index (κ2) is 10.6. The van der Waals surface area contributed by atoms with E-state index >= 15 is 0 Å². The first kappa shape index (κ1) is 22.3. The summed E-state index contributed by atoms with van der Waals surface area (Å²) in [6.07, 6.45) is 1.34. The van der Waals surface area contributed by atoms with Gasteiger partial charge in [-0.15, -0.1) is 0 Å². The molecule has 0 saturated carbocycles. The lowest BCUT2D eigenvalue weighted by atomic mass is 9.95. The van der Waals surface area contributed by atoms with Gasteiger partial charge in [0.2, 0.25) is 5.91 Å². The van der Waals surface area contributed by atoms with Gasteiger partial charge in [-0.3, -0.25) is 9.59 Å². The van der Waals surface area contributed by atoms with E-state index < -0.39 is 0 Å². The molecule has 1 heterocycles. The van der Waals surface area contributed by atoms with Crippen molar-refractivity contribution in [3.8, 4) is 0 Å². The van der Waals surface area contributed by atoms with E-state index in [9.17, 15) is 14.0 Å². The van der Waals surface area contributed by atoms with Crippen LogP contribution >= 0.6 is 11.8 Å². The molecule has 0 bridgehead atoms. The second-order valence-electron chi connectivity index (χ2n) is 8.03. The molecule has 3 aromatic carbocycles. The van der Waals surface area contributed by atoms with Gasteiger partial charge in [0, 0.05) is 42.6 Å². The van der Waals surface area contributed by atoms with Gasteiger partial charge in [-0.25, -0.2) is 4.39 Å². The molecule has 1 fully saturated rings. The quantitative estimate of drug-likeness (QED) is 0.522. The topological polar surface area (TPSA) is 49.4 Å². The van der Waals surface area contributed by atoms with Crippen molar-refractivity contribution < 1.29 is 14.0 Å². The third-order valence-electron chi connectivity index (χ3n) is 5.93. The van der Waals surface area contributed by atoms with Gasteiger partial charge in [0.05, 0.1) is 0 Å². The van der Waals surface area contributed by atoms with Gasteiger partial charge in [-0.2, -0.15) is 11.8 Å². The van der Waals surface area contributed by atoms with Crippen molar-refractivity contribution in [1.82, 2.24) is 10.2 Å². The number of carbonyl (C=O) groups excluding carboxylic acids is 2. The fourth-order valence-electron chi connectivity index (χ4n) is 4.12. The van der Waals surface area contributed by atoms with E-state index in [0.717, 1.165) is 22.1 Å². The Kier molecular flexibility index (Phi) is 7.43. The van der Waals surface area contributed by atoms with Crippen LogP contribution in [0.5, 0.6) is 0 Å². The molecule has 0 aromatic heterocycles. The third kappa shape index (κ3) is 5.30. The highest BCUT2D eigenvalue weighted by molar-refractivity contribution is 7.98. The molecule has 166 valence electrons. The zero-order valence-electron chi connectivity index (χ0n) is 17.9. The zero-order chi connectivity index (χ0) is 22.3. The number of rotatable bonds is 7. The summed E-state index contributed by atoms with van der Waals surface area (Å²) in [6.45, 7) is 1.73. The lowest BCUT2D eigenvalue weighted by Gasteiger charge is -2.31. The maximum atomic E-state index is 13.6. The lowest BCUT2D eigenvalue weighted by molar-refractivity contribution is -0.126. The molecule has 1 aliphatic heterocycles. The highest BCUT2D eigenvalue weighted by Crippen LogP contribution is 2.24. The Balaban J connectivity index is 1.21. The first-order valence-corrected chi connectivity index (χ1v) is 12.1. The average Bonchev–Trinajstić information content (AvgIpc) is 2.84. The highest BCUT2D eigenvalue weighted by atomic mass is 32.2. The van der Waals surface area contributed by atoms with E-state index in [4.69, 9.17) is 0 Å². The molecule has 2 amide bonds. The smallest absolute Gasteiger partial charge is 0.254 e. The summed E-state index contributed by atoms with van der Waals surface area (Å²) in [5, 5.41) is 5.02. The Bertz CT molecular complexity index is 1090. The standard InChI is InChI=1S/C26H27FN2O2S/c27-24-11-4-2-7-21(24)18-32-17-14-28-25(30)20-12-15-29(16-13-20)26(31)23-10-5-8-19-6-1-3-9-22(19)23/h1-11,20H,12-18H2,(H,28,30). The van der Waals surface area contributed by atoms with Crippen molar-refractivity contribution in [2.45, 2.75) is 18.6 Å². The number of fused-ring (bicyclic) bond motifs is 1. The number of amides is 2. The SMILES string of the molecule is O=C(NCCSCc1ccccc1F)C1CCN(C(=O)c2cccc3ccccc23)CC1. The van der Waals surface area contributed by atoms with Crippen LogP contribution in [0.4, 0.5) is 4.39 Å². The molecule has 4 rings (SSSR count). The van der Waals surface area contributed by atoms with E-state index in [0.29, 0.717) is 43.8 Å². The summed E-state index contributed by atoms with van der Waals surface area (Å²) in [5.41, 5.74) is 1.41. The summed E-state index contributed by atoms with van der Waals surface area (Å²) in [7, 11) is 0. The first-order valence-electron chi connectivity index (χ1n) is 11.0. The maximum Gasteiger partial charge on any atom is 0.254 e. The predicted molar refractivity (Wildman–Crippen MR) is 128 cm³/mol. The highest BCUT2D eigenvalue weighted by Gasteiger charge is 2.28. The van der Waals surface area contributed by atoms with Crippen LogP contribution in [0.25, 0.3) is 10.8 Å². The number of thioether (sulfide) groups is 1. The van der Waals surface area contributed by atoms with Crippen LogP contribution in [0, 0.1) is 11.7 Å². The van der Waals surface area contributed by atoms with Gasteiger partial charge < -0.3 is 10.2 Å². The number of halogens is 1. The largest absolute Gasteiger partial charge is 0.355 e. The van der Waals surface area contributed by atoms with Gasteiger partial charge >= 0.3 is 0 Å². The van der Waals surface area contributed by atoms with Crippen molar-refractivity contribution in [3.63, 3.8) is 0 Å². The third-order valence-corrected chi connectivity index (χ3v) is 6.94. The van der Waals surface area contributed by atoms with Crippen LogP contribution < -0.4 is 5.32 Å². The minimum Gasteiger partial charge on any atom is -0.355 e. The molecule has 1 N–H and O–H groups in total. The molecule has 0 spiro atoms. The Labute approximate surface area is 192 Å². The minimum absolute atomic E-state index is 0.0326. The van der Waals surface area contributed by atoms with Crippen molar-refractivity contribution in [2.75, 3.05) is 25.4 Å². The fraction of sp³-hybridized carbons (Fsp3) is 0.308. The number of nitrogens with one attached hydrogen (secondary N) is 1. The number of benzene rings is 3.